The summed E-state index contributed by atoms with van der Waals surface area (Å²) in [6.45, 7) is 4.95. The molecule has 0 fully saturated rings. The van der Waals surface area contributed by atoms with Crippen LogP contribution in [0.15, 0.2) is 24.3 Å². The maximum absolute atomic E-state index is 9.89. The van der Waals surface area contributed by atoms with Crippen LogP contribution >= 0.6 is 0 Å². The highest BCUT2D eigenvalue weighted by Crippen LogP contribution is 2.18. The summed E-state index contributed by atoms with van der Waals surface area (Å²) in [5.41, 5.74) is 1.39. The maximum Gasteiger partial charge on any atom is 0.150 e. The molecule has 0 bridgehead atoms. The van der Waals surface area contributed by atoms with E-state index in [9.17, 15) is 5.21 Å². The smallest absolute Gasteiger partial charge is 0.150 e. The van der Waals surface area contributed by atoms with E-state index < -0.39 is 0 Å². The normalized spacial score (nSPS) is 12.5. The van der Waals surface area contributed by atoms with Gasteiger partial charge in [-0.15, -0.1) is 0 Å². The average Bonchev–Trinajstić information content (AvgIpc) is 2.53. The Kier molecular flexibility index (Phi) is 13.3. The van der Waals surface area contributed by atoms with E-state index in [-0.39, 0.29) is 27.7 Å². The summed E-state index contributed by atoms with van der Waals surface area (Å²) < 4.78 is 5.94. The summed E-state index contributed by atoms with van der Waals surface area (Å²) in [5, 5.41) is 9.89. The van der Waals surface area contributed by atoms with Gasteiger partial charge < -0.3 is 21.7 Å². The summed E-state index contributed by atoms with van der Waals surface area (Å²) in [6.07, 6.45) is 11.6. The molecule has 25 heavy (non-hydrogen) atoms. The number of quaternary nitrogens is 1. The van der Waals surface area contributed by atoms with Crippen LogP contribution in [0.5, 0.6) is 5.75 Å². The number of aryl methyl sites for hydroxylation is 1. The molecule has 0 aliphatic heterocycles. The molecular formula is C21H38BrNO2. The van der Waals surface area contributed by atoms with Crippen LogP contribution in [0.1, 0.15) is 70.8 Å². The SMILES string of the molecule is CCCCCCCCCc1ccc(OC(CC)C[N+](C)(C)O)cc1.[Br-]. The lowest BCUT2D eigenvalue weighted by Gasteiger charge is -2.25. The number of likely N-dealkylation sites (N-methyl/N-ethyl adjacent to an activating group) is 1. The van der Waals surface area contributed by atoms with Gasteiger partial charge in [0.05, 0.1) is 14.1 Å². The summed E-state index contributed by atoms with van der Waals surface area (Å²) in [6, 6.07) is 8.49. The van der Waals surface area contributed by atoms with E-state index in [0.717, 1.165) is 18.6 Å². The molecule has 1 N–H and O–H groups in total. The second kappa shape index (κ2) is 13.6. The molecule has 4 heteroatoms. The minimum atomic E-state index is -0.0607. The summed E-state index contributed by atoms with van der Waals surface area (Å²) in [7, 11) is 3.55. The number of hydroxylamine groups is 3. The fraction of sp³-hybridized carbons (Fsp3) is 0.714. The van der Waals surface area contributed by atoms with Crippen LogP contribution in [-0.2, 0) is 6.42 Å². The molecule has 0 amide bonds. The van der Waals surface area contributed by atoms with Gasteiger partial charge in [0.15, 0.2) is 0 Å². The van der Waals surface area contributed by atoms with Gasteiger partial charge in [-0.1, -0.05) is 64.5 Å². The highest BCUT2D eigenvalue weighted by atomic mass is 79.9. The zero-order valence-corrected chi connectivity index (χ0v) is 18.2. The van der Waals surface area contributed by atoms with Crippen molar-refractivity contribution in [2.24, 2.45) is 0 Å². The Morgan fingerprint density at radius 3 is 2.00 bits per heavy atom. The van der Waals surface area contributed by atoms with E-state index in [1.54, 1.807) is 14.1 Å². The number of ether oxygens (including phenoxy) is 1. The van der Waals surface area contributed by atoms with E-state index in [0.29, 0.717) is 6.54 Å². The molecule has 1 atom stereocenters. The lowest BCUT2D eigenvalue weighted by Crippen LogP contribution is -3.00. The van der Waals surface area contributed by atoms with Crippen molar-refractivity contribution in [1.82, 2.24) is 0 Å². The third-order valence-electron chi connectivity index (χ3n) is 4.40. The van der Waals surface area contributed by atoms with E-state index in [1.807, 2.05) is 0 Å². The summed E-state index contributed by atoms with van der Waals surface area (Å²) in [4.78, 5) is 0. The van der Waals surface area contributed by atoms with Crippen molar-refractivity contribution >= 4 is 0 Å². The van der Waals surface area contributed by atoms with Gasteiger partial charge in [-0.2, -0.15) is 4.65 Å². The Morgan fingerprint density at radius 1 is 0.920 bits per heavy atom. The van der Waals surface area contributed by atoms with Crippen LogP contribution in [0.4, 0.5) is 0 Å². The van der Waals surface area contributed by atoms with E-state index in [4.69, 9.17) is 4.74 Å². The fourth-order valence-corrected chi connectivity index (χ4v) is 2.96. The lowest BCUT2D eigenvalue weighted by atomic mass is 10.0. The van der Waals surface area contributed by atoms with Gasteiger partial charge in [0.1, 0.15) is 18.4 Å². The van der Waals surface area contributed by atoms with Crippen molar-refractivity contribution < 1.29 is 31.6 Å². The Balaban J connectivity index is 0.00000576. The van der Waals surface area contributed by atoms with Crippen LogP contribution in [-0.4, -0.2) is 36.6 Å². The first kappa shape index (κ1) is 24.4. The third kappa shape index (κ3) is 12.4. The van der Waals surface area contributed by atoms with Crippen molar-refractivity contribution in [3.63, 3.8) is 0 Å². The predicted molar refractivity (Wildman–Crippen MR) is 102 cm³/mol. The largest absolute Gasteiger partial charge is 1.00 e. The molecule has 1 unspecified atom stereocenters. The molecule has 0 aliphatic carbocycles. The fourth-order valence-electron chi connectivity index (χ4n) is 2.96. The first-order chi connectivity index (χ1) is 11.4. The van der Waals surface area contributed by atoms with Crippen LogP contribution < -0.4 is 21.7 Å². The number of unbranched alkanes of at least 4 members (excludes halogenated alkanes) is 6. The molecule has 0 radical (unpaired) electrons. The van der Waals surface area contributed by atoms with Gasteiger partial charge in [0.25, 0.3) is 0 Å². The predicted octanol–water partition coefficient (Wildman–Crippen LogP) is 2.61. The standard InChI is InChI=1S/C21H38NO2.BrH/c1-5-7-8-9-10-11-12-13-19-14-16-21(17-15-19)24-20(6-2)18-22(3,4)23;/h14-17,20,23H,5-13,18H2,1-4H3;1H/q+1;/p-1. The van der Waals surface area contributed by atoms with Crippen molar-refractivity contribution in [3.8, 4) is 5.75 Å². The topological polar surface area (TPSA) is 29.5 Å². The average molecular weight is 416 g/mol. The minimum absolute atomic E-state index is 0. The molecule has 0 saturated carbocycles. The monoisotopic (exact) mass is 415 g/mol. The first-order valence-corrected chi connectivity index (χ1v) is 9.76. The number of hydrogen-bond acceptors (Lipinski definition) is 2. The summed E-state index contributed by atoms with van der Waals surface area (Å²) >= 11 is 0. The second-order valence-electron chi connectivity index (χ2n) is 7.47. The summed E-state index contributed by atoms with van der Waals surface area (Å²) in [5.74, 6) is 0.901. The van der Waals surface area contributed by atoms with Crippen molar-refractivity contribution in [3.05, 3.63) is 29.8 Å². The first-order valence-electron chi connectivity index (χ1n) is 9.76. The van der Waals surface area contributed by atoms with Crippen molar-refractivity contribution in [2.75, 3.05) is 20.6 Å². The van der Waals surface area contributed by atoms with Crippen LogP contribution in [0.25, 0.3) is 0 Å². The van der Waals surface area contributed by atoms with E-state index in [2.05, 4.69) is 38.1 Å². The van der Waals surface area contributed by atoms with Gasteiger partial charge in [-0.05, 0) is 37.0 Å². The number of benzene rings is 1. The molecule has 146 valence electrons. The second-order valence-corrected chi connectivity index (χ2v) is 7.47. The Hall–Kier alpha value is -0.580. The van der Waals surface area contributed by atoms with Gasteiger partial charge in [0.2, 0.25) is 0 Å². The van der Waals surface area contributed by atoms with E-state index >= 15 is 0 Å². The van der Waals surface area contributed by atoms with Crippen LogP contribution in [0, 0.1) is 0 Å². The van der Waals surface area contributed by atoms with Crippen LogP contribution in [0.3, 0.4) is 0 Å². The van der Waals surface area contributed by atoms with Gasteiger partial charge in [0, 0.05) is 0 Å². The third-order valence-corrected chi connectivity index (χ3v) is 4.40. The zero-order chi connectivity index (χ0) is 17.8. The van der Waals surface area contributed by atoms with Gasteiger partial charge in [-0.3, -0.25) is 0 Å². The minimum Gasteiger partial charge on any atom is -1.00 e. The number of hydrogen-bond donors (Lipinski definition) is 1. The van der Waals surface area contributed by atoms with Gasteiger partial charge in [-0.25, -0.2) is 5.21 Å². The molecular weight excluding hydrogens is 378 g/mol. The highest BCUT2D eigenvalue weighted by Gasteiger charge is 2.20. The van der Waals surface area contributed by atoms with E-state index in [1.165, 1.54) is 50.5 Å². The molecule has 1 rings (SSSR count). The molecule has 1 aromatic carbocycles. The molecule has 3 nitrogen and oxygen atoms in total. The molecule has 0 spiro atoms. The van der Waals surface area contributed by atoms with Crippen molar-refractivity contribution in [1.29, 1.82) is 0 Å². The maximum atomic E-state index is 9.89. The highest BCUT2D eigenvalue weighted by molar-refractivity contribution is 5.27. The molecule has 0 heterocycles. The van der Waals surface area contributed by atoms with Crippen LogP contribution in [0.2, 0.25) is 0 Å². The van der Waals surface area contributed by atoms with Crippen molar-refractivity contribution in [2.45, 2.75) is 77.7 Å². The number of rotatable bonds is 13. The molecule has 0 aromatic heterocycles. The number of nitrogens with zero attached hydrogens (tertiary/aromatic N) is 1. The Bertz CT molecular complexity index is 429. The Morgan fingerprint density at radius 2 is 1.48 bits per heavy atom. The van der Waals surface area contributed by atoms with Gasteiger partial charge >= 0.3 is 0 Å². The zero-order valence-electron chi connectivity index (χ0n) is 16.6. The molecule has 0 saturated heterocycles. The quantitative estimate of drug-likeness (QED) is 0.304. The Labute approximate surface area is 165 Å². The molecule has 0 aliphatic rings. The number of halogens is 1. The molecule has 1 aromatic rings. The lowest BCUT2D eigenvalue weighted by molar-refractivity contribution is -1.07.